The van der Waals surface area contributed by atoms with E-state index in [0.717, 1.165) is 13.0 Å². The maximum Gasteiger partial charge on any atom is 0.220 e. The molecule has 0 aromatic carbocycles. The Kier molecular flexibility index (Phi) is 9.09. The van der Waals surface area contributed by atoms with Gasteiger partial charge in [-0.25, -0.2) is 0 Å². The van der Waals surface area contributed by atoms with E-state index >= 15 is 0 Å². The van der Waals surface area contributed by atoms with Crippen molar-refractivity contribution >= 4 is 5.91 Å². The molecule has 0 aliphatic rings. The minimum absolute atomic E-state index is 0.116. The Morgan fingerprint density at radius 1 is 1.24 bits per heavy atom. The zero-order valence-corrected chi connectivity index (χ0v) is 11.9. The Balaban J connectivity index is 3.75. The third kappa shape index (κ3) is 9.12. The van der Waals surface area contributed by atoms with E-state index in [1.54, 1.807) is 7.11 Å². The number of methoxy groups -OCH3 is 1. The van der Waals surface area contributed by atoms with Crippen molar-refractivity contribution in [2.24, 2.45) is 5.92 Å². The first-order valence-corrected chi connectivity index (χ1v) is 6.49. The molecule has 0 aliphatic carbocycles. The Morgan fingerprint density at radius 3 is 2.35 bits per heavy atom. The molecule has 1 atom stereocenters. The predicted molar refractivity (Wildman–Crippen MR) is 71.0 cm³/mol. The van der Waals surface area contributed by atoms with Gasteiger partial charge in [0, 0.05) is 19.6 Å². The van der Waals surface area contributed by atoms with E-state index in [2.05, 4.69) is 38.3 Å². The van der Waals surface area contributed by atoms with Crippen molar-refractivity contribution in [1.82, 2.24) is 10.6 Å². The van der Waals surface area contributed by atoms with Crippen molar-refractivity contribution in [3.8, 4) is 0 Å². The van der Waals surface area contributed by atoms with Crippen LogP contribution < -0.4 is 10.6 Å². The molecule has 0 spiro atoms. The Bertz CT molecular complexity index is 206. The van der Waals surface area contributed by atoms with E-state index in [1.807, 2.05) is 0 Å². The molecule has 0 aromatic heterocycles. The van der Waals surface area contributed by atoms with Crippen LogP contribution in [0, 0.1) is 5.92 Å². The Labute approximate surface area is 105 Å². The van der Waals surface area contributed by atoms with Crippen molar-refractivity contribution in [3.63, 3.8) is 0 Å². The lowest BCUT2D eigenvalue weighted by Gasteiger charge is -2.21. The zero-order chi connectivity index (χ0) is 13.3. The summed E-state index contributed by atoms with van der Waals surface area (Å²) in [6, 6.07) is 0.598. The van der Waals surface area contributed by atoms with Crippen LogP contribution in [0.2, 0.25) is 0 Å². The molecule has 0 rings (SSSR count). The number of hydrogen-bond donors (Lipinski definition) is 2. The summed E-state index contributed by atoms with van der Waals surface area (Å²) in [7, 11) is 1.66. The molecule has 4 nitrogen and oxygen atoms in total. The van der Waals surface area contributed by atoms with E-state index < -0.39 is 0 Å². The second-order valence-corrected chi connectivity index (χ2v) is 5.09. The molecule has 17 heavy (non-hydrogen) atoms. The number of amides is 1. The zero-order valence-electron chi connectivity index (χ0n) is 11.9. The van der Waals surface area contributed by atoms with Crippen LogP contribution in [-0.4, -0.2) is 38.3 Å². The van der Waals surface area contributed by atoms with Crippen molar-refractivity contribution in [3.05, 3.63) is 0 Å². The van der Waals surface area contributed by atoms with Crippen LogP contribution >= 0.6 is 0 Å². The molecule has 2 N–H and O–H groups in total. The van der Waals surface area contributed by atoms with Crippen LogP contribution in [0.3, 0.4) is 0 Å². The summed E-state index contributed by atoms with van der Waals surface area (Å²) in [4.78, 5) is 11.7. The monoisotopic (exact) mass is 244 g/mol. The van der Waals surface area contributed by atoms with E-state index in [9.17, 15) is 4.79 Å². The van der Waals surface area contributed by atoms with Crippen molar-refractivity contribution in [2.75, 3.05) is 20.3 Å². The normalized spacial score (nSPS) is 13.1. The first-order chi connectivity index (χ1) is 7.97. The van der Waals surface area contributed by atoms with Crippen molar-refractivity contribution < 1.29 is 9.53 Å². The topological polar surface area (TPSA) is 50.4 Å². The van der Waals surface area contributed by atoms with Crippen LogP contribution in [0.5, 0.6) is 0 Å². The SMILES string of the molecule is COCC(NC(=O)CCCNC(C)C)C(C)C. The summed E-state index contributed by atoms with van der Waals surface area (Å²) < 4.78 is 5.10. The number of nitrogens with one attached hydrogen (secondary N) is 2. The summed E-state index contributed by atoms with van der Waals surface area (Å²) in [5.74, 6) is 0.513. The van der Waals surface area contributed by atoms with Gasteiger partial charge >= 0.3 is 0 Å². The van der Waals surface area contributed by atoms with Gasteiger partial charge in [0.1, 0.15) is 0 Å². The van der Waals surface area contributed by atoms with Gasteiger partial charge in [0.15, 0.2) is 0 Å². The van der Waals surface area contributed by atoms with E-state index in [0.29, 0.717) is 25.0 Å². The quantitative estimate of drug-likeness (QED) is 0.605. The molecular weight excluding hydrogens is 216 g/mol. The standard InChI is InChI=1S/C13H28N2O2/c1-10(2)12(9-17-5)15-13(16)7-6-8-14-11(3)4/h10-12,14H,6-9H2,1-5H3,(H,15,16). The third-order valence-corrected chi connectivity index (χ3v) is 2.63. The fourth-order valence-electron chi connectivity index (χ4n) is 1.50. The average molecular weight is 244 g/mol. The minimum Gasteiger partial charge on any atom is -0.383 e. The molecule has 0 aliphatic heterocycles. The predicted octanol–water partition coefficient (Wildman–Crippen LogP) is 1.55. The minimum atomic E-state index is 0.116. The fourth-order valence-corrected chi connectivity index (χ4v) is 1.50. The molecule has 4 heteroatoms. The highest BCUT2D eigenvalue weighted by molar-refractivity contribution is 5.76. The fraction of sp³-hybridized carbons (Fsp3) is 0.923. The van der Waals surface area contributed by atoms with Gasteiger partial charge in [-0.1, -0.05) is 27.7 Å². The molecule has 102 valence electrons. The maximum atomic E-state index is 11.7. The summed E-state index contributed by atoms with van der Waals surface area (Å²) in [6.07, 6.45) is 1.45. The number of carbonyl (C=O) groups excluding carboxylic acids is 1. The number of hydrogen-bond acceptors (Lipinski definition) is 3. The largest absolute Gasteiger partial charge is 0.383 e. The van der Waals surface area contributed by atoms with Crippen molar-refractivity contribution in [2.45, 2.75) is 52.6 Å². The average Bonchev–Trinajstić information content (AvgIpc) is 2.23. The number of rotatable bonds is 9. The molecule has 0 radical (unpaired) electrons. The van der Waals surface area contributed by atoms with Crippen LogP contribution in [0.25, 0.3) is 0 Å². The van der Waals surface area contributed by atoms with Crippen LogP contribution in [-0.2, 0) is 9.53 Å². The van der Waals surface area contributed by atoms with Gasteiger partial charge in [-0.05, 0) is 18.9 Å². The van der Waals surface area contributed by atoms with E-state index in [-0.39, 0.29) is 11.9 Å². The first-order valence-electron chi connectivity index (χ1n) is 6.49. The highest BCUT2D eigenvalue weighted by atomic mass is 16.5. The third-order valence-electron chi connectivity index (χ3n) is 2.63. The molecule has 0 aromatic rings. The smallest absolute Gasteiger partial charge is 0.220 e. The van der Waals surface area contributed by atoms with Crippen LogP contribution in [0.15, 0.2) is 0 Å². The highest BCUT2D eigenvalue weighted by Crippen LogP contribution is 2.02. The van der Waals surface area contributed by atoms with E-state index in [4.69, 9.17) is 4.74 Å². The molecule has 1 amide bonds. The maximum absolute atomic E-state index is 11.7. The van der Waals surface area contributed by atoms with Gasteiger partial charge in [0.05, 0.1) is 12.6 Å². The molecule has 0 fully saturated rings. The van der Waals surface area contributed by atoms with Gasteiger partial charge < -0.3 is 15.4 Å². The lowest BCUT2D eigenvalue weighted by atomic mass is 10.1. The van der Waals surface area contributed by atoms with Crippen LogP contribution in [0.4, 0.5) is 0 Å². The highest BCUT2D eigenvalue weighted by Gasteiger charge is 2.15. The summed E-state index contributed by atoms with van der Waals surface area (Å²) >= 11 is 0. The van der Waals surface area contributed by atoms with Gasteiger partial charge in [-0.2, -0.15) is 0 Å². The summed E-state index contributed by atoms with van der Waals surface area (Å²) in [6.45, 7) is 9.85. The second kappa shape index (κ2) is 9.42. The lowest BCUT2D eigenvalue weighted by Crippen LogP contribution is -2.41. The first kappa shape index (κ1) is 16.4. The van der Waals surface area contributed by atoms with Gasteiger partial charge in [-0.3, -0.25) is 4.79 Å². The summed E-state index contributed by atoms with van der Waals surface area (Å²) in [5.41, 5.74) is 0. The Morgan fingerprint density at radius 2 is 1.88 bits per heavy atom. The number of carbonyl (C=O) groups is 1. The second-order valence-electron chi connectivity index (χ2n) is 5.09. The van der Waals surface area contributed by atoms with Gasteiger partial charge in [0.2, 0.25) is 5.91 Å². The lowest BCUT2D eigenvalue weighted by molar-refractivity contribution is -0.122. The number of ether oxygens (including phenoxy) is 1. The van der Waals surface area contributed by atoms with Crippen molar-refractivity contribution in [1.29, 1.82) is 0 Å². The Hall–Kier alpha value is -0.610. The molecule has 0 bridgehead atoms. The summed E-state index contributed by atoms with van der Waals surface area (Å²) in [5, 5.41) is 6.31. The molecule has 1 unspecified atom stereocenters. The molecule has 0 heterocycles. The van der Waals surface area contributed by atoms with Gasteiger partial charge in [-0.15, -0.1) is 0 Å². The molecule has 0 saturated carbocycles. The van der Waals surface area contributed by atoms with Crippen LogP contribution in [0.1, 0.15) is 40.5 Å². The van der Waals surface area contributed by atoms with Gasteiger partial charge in [0.25, 0.3) is 0 Å². The molecule has 0 saturated heterocycles. The van der Waals surface area contributed by atoms with E-state index in [1.165, 1.54) is 0 Å². The molecular formula is C13H28N2O2.